The molecule has 0 bridgehead atoms. The number of aromatic nitrogens is 1. The number of fused-ring (bicyclic) bond motifs is 1. The number of nitrogens with zero attached hydrogens (tertiary/aromatic N) is 2. The van der Waals surface area contributed by atoms with Crippen molar-refractivity contribution in [1.29, 1.82) is 0 Å². The minimum absolute atomic E-state index is 0.105. The van der Waals surface area contributed by atoms with Crippen molar-refractivity contribution in [3.63, 3.8) is 0 Å². The lowest BCUT2D eigenvalue weighted by molar-refractivity contribution is -0.150. The second kappa shape index (κ2) is 8.31. The van der Waals surface area contributed by atoms with Crippen LogP contribution in [0.4, 0.5) is 5.82 Å². The first-order valence-electron chi connectivity index (χ1n) is 9.76. The first kappa shape index (κ1) is 18.9. The van der Waals surface area contributed by atoms with Crippen molar-refractivity contribution in [2.24, 2.45) is 11.7 Å². The van der Waals surface area contributed by atoms with Gasteiger partial charge in [0.2, 0.25) is 5.91 Å². The molecule has 148 valence electrons. The minimum Gasteiger partial charge on any atom is -0.461 e. The van der Waals surface area contributed by atoms with Crippen LogP contribution in [0.5, 0.6) is 0 Å². The maximum Gasteiger partial charge on any atom is 0.309 e. The highest BCUT2D eigenvalue weighted by atomic mass is 16.5. The molecule has 2 aromatic carbocycles. The summed E-state index contributed by atoms with van der Waals surface area (Å²) in [5, 5.41) is 2.26. The predicted molar refractivity (Wildman–Crippen MR) is 111 cm³/mol. The number of nitrogens with two attached hydrogens (primary N) is 1. The van der Waals surface area contributed by atoms with Crippen molar-refractivity contribution in [2.45, 2.75) is 19.4 Å². The van der Waals surface area contributed by atoms with Crippen LogP contribution < -0.4 is 10.6 Å². The van der Waals surface area contributed by atoms with E-state index in [-0.39, 0.29) is 18.5 Å². The lowest BCUT2D eigenvalue weighted by Gasteiger charge is -2.31. The summed E-state index contributed by atoms with van der Waals surface area (Å²) in [7, 11) is 0. The van der Waals surface area contributed by atoms with E-state index in [1.165, 1.54) is 6.20 Å². The van der Waals surface area contributed by atoms with E-state index in [4.69, 9.17) is 10.5 Å². The molecule has 0 radical (unpaired) electrons. The number of primary amides is 1. The molecule has 2 N–H and O–H groups in total. The first-order chi connectivity index (χ1) is 14.1. The van der Waals surface area contributed by atoms with Gasteiger partial charge in [0.05, 0.1) is 11.5 Å². The van der Waals surface area contributed by atoms with Crippen molar-refractivity contribution in [3.8, 4) is 0 Å². The Morgan fingerprint density at radius 1 is 1.03 bits per heavy atom. The van der Waals surface area contributed by atoms with Gasteiger partial charge in [0.15, 0.2) is 0 Å². The molecule has 1 saturated heterocycles. The van der Waals surface area contributed by atoms with E-state index in [1.54, 1.807) is 12.1 Å². The quantitative estimate of drug-likeness (QED) is 0.677. The van der Waals surface area contributed by atoms with Crippen LogP contribution in [-0.2, 0) is 16.1 Å². The number of ether oxygens (including phenoxy) is 1. The summed E-state index contributed by atoms with van der Waals surface area (Å²) in [6, 6.07) is 17.6. The molecule has 3 aromatic rings. The summed E-state index contributed by atoms with van der Waals surface area (Å²) >= 11 is 0. The van der Waals surface area contributed by atoms with Gasteiger partial charge in [0.1, 0.15) is 12.4 Å². The Kier molecular flexibility index (Phi) is 5.42. The number of carbonyl (C=O) groups is 2. The molecule has 29 heavy (non-hydrogen) atoms. The average molecular weight is 389 g/mol. The number of carbonyl (C=O) groups excluding carboxylic acids is 2. The van der Waals surface area contributed by atoms with Crippen molar-refractivity contribution in [2.75, 3.05) is 18.0 Å². The highest BCUT2D eigenvalue weighted by Gasteiger charge is 2.27. The van der Waals surface area contributed by atoms with Crippen molar-refractivity contribution in [1.82, 2.24) is 4.98 Å². The summed E-state index contributed by atoms with van der Waals surface area (Å²) in [4.78, 5) is 30.1. The van der Waals surface area contributed by atoms with Crippen molar-refractivity contribution < 1.29 is 14.3 Å². The van der Waals surface area contributed by atoms with Gasteiger partial charge in [-0.25, -0.2) is 4.98 Å². The molecule has 1 fully saturated rings. The third-order valence-corrected chi connectivity index (χ3v) is 5.43. The van der Waals surface area contributed by atoms with E-state index in [9.17, 15) is 9.59 Å². The normalized spacial score (nSPS) is 14.7. The number of amides is 1. The second-order valence-corrected chi connectivity index (χ2v) is 7.28. The number of benzene rings is 2. The zero-order valence-corrected chi connectivity index (χ0v) is 16.1. The van der Waals surface area contributed by atoms with E-state index < -0.39 is 5.91 Å². The third-order valence-electron chi connectivity index (χ3n) is 5.43. The fourth-order valence-corrected chi connectivity index (χ4v) is 3.75. The number of anilines is 1. The molecule has 4 rings (SSSR count). The number of hydrogen-bond donors (Lipinski definition) is 1. The smallest absolute Gasteiger partial charge is 0.309 e. The fourth-order valence-electron chi connectivity index (χ4n) is 3.75. The number of esters is 1. The van der Waals surface area contributed by atoms with E-state index in [0.717, 1.165) is 35.2 Å². The molecule has 2 heterocycles. The SMILES string of the molecule is NC(=O)c1ccc(N2CCC(C(=O)OCc3cccc4ccccc34)CC2)nc1. The topological polar surface area (TPSA) is 85.5 Å². The molecule has 6 heteroatoms. The van der Waals surface area contributed by atoms with Gasteiger partial charge < -0.3 is 15.4 Å². The standard InChI is InChI=1S/C23H23N3O3/c24-22(27)18-8-9-21(25-14-18)26-12-10-17(11-13-26)23(28)29-15-19-6-3-5-16-4-1-2-7-20(16)19/h1-9,14,17H,10-13,15H2,(H2,24,27). The average Bonchev–Trinajstić information content (AvgIpc) is 2.77. The molecule has 0 saturated carbocycles. The van der Waals surface area contributed by atoms with Crippen LogP contribution in [0, 0.1) is 5.92 Å². The van der Waals surface area contributed by atoms with Gasteiger partial charge in [-0.2, -0.15) is 0 Å². The highest BCUT2D eigenvalue weighted by Crippen LogP contribution is 2.24. The van der Waals surface area contributed by atoms with Crippen LogP contribution in [0.25, 0.3) is 10.8 Å². The molecule has 0 spiro atoms. The molecule has 0 atom stereocenters. The monoisotopic (exact) mass is 389 g/mol. The Balaban J connectivity index is 1.32. The fraction of sp³-hybridized carbons (Fsp3) is 0.261. The maximum atomic E-state index is 12.6. The van der Waals surface area contributed by atoms with Crippen LogP contribution in [0.2, 0.25) is 0 Å². The van der Waals surface area contributed by atoms with Gasteiger partial charge in [-0.3, -0.25) is 9.59 Å². The molecule has 1 aliphatic heterocycles. The summed E-state index contributed by atoms with van der Waals surface area (Å²) in [6.07, 6.45) is 2.92. The minimum atomic E-state index is -0.489. The molecule has 1 aliphatic rings. The van der Waals surface area contributed by atoms with Crippen molar-refractivity contribution in [3.05, 3.63) is 71.9 Å². The molecule has 1 aromatic heterocycles. The third kappa shape index (κ3) is 4.21. The molecule has 0 aliphatic carbocycles. The van der Waals surface area contributed by atoms with E-state index in [0.29, 0.717) is 18.4 Å². The summed E-state index contributed by atoms with van der Waals surface area (Å²) in [5.74, 6) is 0.0509. The van der Waals surface area contributed by atoms with E-state index in [1.807, 2.05) is 30.3 Å². The largest absolute Gasteiger partial charge is 0.461 e. The molecule has 0 unspecified atom stereocenters. The Bertz CT molecular complexity index is 1020. The highest BCUT2D eigenvalue weighted by molar-refractivity contribution is 5.92. The van der Waals surface area contributed by atoms with Gasteiger partial charge >= 0.3 is 5.97 Å². The number of rotatable bonds is 5. The first-order valence-corrected chi connectivity index (χ1v) is 9.76. The van der Waals surface area contributed by atoms with Crippen LogP contribution >= 0.6 is 0 Å². The zero-order chi connectivity index (χ0) is 20.2. The Labute approximate surface area is 169 Å². The maximum absolute atomic E-state index is 12.6. The van der Waals surface area contributed by atoms with Crippen LogP contribution in [0.3, 0.4) is 0 Å². The molecular weight excluding hydrogens is 366 g/mol. The molecular formula is C23H23N3O3. The summed E-state index contributed by atoms with van der Waals surface area (Å²) in [5.41, 5.74) is 6.66. The second-order valence-electron chi connectivity index (χ2n) is 7.28. The Morgan fingerprint density at radius 3 is 2.52 bits per heavy atom. The van der Waals surface area contributed by atoms with Gasteiger partial charge in [-0.05, 0) is 41.3 Å². The van der Waals surface area contributed by atoms with Crippen LogP contribution in [0.15, 0.2) is 60.8 Å². The number of hydrogen-bond acceptors (Lipinski definition) is 5. The summed E-state index contributed by atoms with van der Waals surface area (Å²) in [6.45, 7) is 1.73. The lowest BCUT2D eigenvalue weighted by Crippen LogP contribution is -2.37. The molecule has 6 nitrogen and oxygen atoms in total. The number of piperidine rings is 1. The van der Waals surface area contributed by atoms with Gasteiger partial charge in [0, 0.05) is 19.3 Å². The van der Waals surface area contributed by atoms with Crippen molar-refractivity contribution >= 4 is 28.5 Å². The van der Waals surface area contributed by atoms with E-state index in [2.05, 4.69) is 22.0 Å². The summed E-state index contributed by atoms with van der Waals surface area (Å²) < 4.78 is 5.63. The number of pyridine rings is 1. The van der Waals surface area contributed by atoms with Gasteiger partial charge in [-0.15, -0.1) is 0 Å². The zero-order valence-electron chi connectivity index (χ0n) is 16.1. The van der Waals surface area contributed by atoms with Gasteiger partial charge in [-0.1, -0.05) is 42.5 Å². The molecule has 1 amide bonds. The van der Waals surface area contributed by atoms with Gasteiger partial charge in [0.25, 0.3) is 0 Å². The van der Waals surface area contributed by atoms with E-state index >= 15 is 0 Å². The van der Waals surface area contributed by atoms with Crippen LogP contribution in [-0.4, -0.2) is 29.9 Å². The van der Waals surface area contributed by atoms with Crippen LogP contribution in [0.1, 0.15) is 28.8 Å². The predicted octanol–water partition coefficient (Wildman–Crippen LogP) is 3.29. The Morgan fingerprint density at radius 2 is 1.79 bits per heavy atom. The lowest BCUT2D eigenvalue weighted by atomic mass is 9.97. The Hall–Kier alpha value is -3.41.